The summed E-state index contributed by atoms with van der Waals surface area (Å²) >= 11 is 3.69. The van der Waals surface area contributed by atoms with Crippen molar-refractivity contribution in [1.82, 2.24) is 24.8 Å². The first-order valence-electron chi connectivity index (χ1n) is 13.6. The van der Waals surface area contributed by atoms with Gasteiger partial charge in [-0.2, -0.15) is 0 Å². The molecule has 204 valence electrons. The standard InChI is InChI=1S/C28H38BrN7O2/c1-19(2)34-12-9-21(10-13-34)31-25-23(29)17-30-28-26(25)32-27(33-28)20-5-7-22(8-6-20)36-15-14-35(24(37)18-36)11-4-16-38-3/h5-8,17,19,21H,4,9-16,18H2,1-3H3,(H2,30,31,32,33). The number of aromatic nitrogens is 3. The normalized spacial score (nSPS) is 17.7. The third-order valence-corrected chi connectivity index (χ3v) is 8.28. The summed E-state index contributed by atoms with van der Waals surface area (Å²) in [4.78, 5) is 32.1. The fraction of sp³-hybridized carbons (Fsp3) is 0.536. The Morgan fingerprint density at radius 1 is 1.16 bits per heavy atom. The third kappa shape index (κ3) is 5.97. The number of aromatic amines is 1. The summed E-state index contributed by atoms with van der Waals surface area (Å²) in [6.07, 6.45) is 4.92. The maximum Gasteiger partial charge on any atom is 0.242 e. The van der Waals surface area contributed by atoms with E-state index in [2.05, 4.69) is 79.1 Å². The number of piperazine rings is 1. The summed E-state index contributed by atoms with van der Waals surface area (Å²) in [5.41, 5.74) is 4.65. The molecular formula is C28H38BrN7O2. The highest BCUT2D eigenvalue weighted by atomic mass is 79.9. The predicted octanol–water partition coefficient (Wildman–Crippen LogP) is 4.36. The Hall–Kier alpha value is -2.69. The van der Waals surface area contributed by atoms with Crippen LogP contribution in [0.1, 0.15) is 33.1 Å². The van der Waals surface area contributed by atoms with Crippen LogP contribution in [-0.4, -0.2) is 95.7 Å². The van der Waals surface area contributed by atoms with Crippen LogP contribution in [-0.2, 0) is 9.53 Å². The summed E-state index contributed by atoms with van der Waals surface area (Å²) in [6, 6.07) is 9.27. The fourth-order valence-electron chi connectivity index (χ4n) is 5.36. The molecule has 2 aromatic heterocycles. The van der Waals surface area contributed by atoms with Crippen molar-refractivity contribution < 1.29 is 9.53 Å². The van der Waals surface area contributed by atoms with Crippen LogP contribution in [0.3, 0.4) is 0 Å². The lowest BCUT2D eigenvalue weighted by atomic mass is 10.0. The number of ether oxygens (including phenoxy) is 1. The smallest absolute Gasteiger partial charge is 0.242 e. The Bertz CT molecular complexity index is 1240. The molecule has 0 radical (unpaired) electrons. The summed E-state index contributed by atoms with van der Waals surface area (Å²) < 4.78 is 6.04. The van der Waals surface area contributed by atoms with Gasteiger partial charge in [0.2, 0.25) is 5.91 Å². The molecule has 5 rings (SSSR count). The molecule has 2 aliphatic rings. The number of carbonyl (C=O) groups is 1. The first-order chi connectivity index (χ1) is 18.4. The Morgan fingerprint density at radius 3 is 2.61 bits per heavy atom. The molecule has 2 fully saturated rings. The minimum absolute atomic E-state index is 0.167. The number of hydrogen-bond donors (Lipinski definition) is 2. The number of imidazole rings is 1. The number of halogens is 1. The van der Waals surface area contributed by atoms with Crippen LogP contribution in [0.5, 0.6) is 0 Å². The van der Waals surface area contributed by atoms with E-state index in [9.17, 15) is 4.79 Å². The zero-order valence-corrected chi connectivity index (χ0v) is 24.1. The zero-order valence-electron chi connectivity index (χ0n) is 22.5. The number of piperidine rings is 1. The summed E-state index contributed by atoms with van der Waals surface area (Å²) in [6.45, 7) is 10.1. The van der Waals surface area contributed by atoms with E-state index in [1.807, 2.05) is 11.1 Å². The molecule has 2 aliphatic heterocycles. The van der Waals surface area contributed by atoms with Gasteiger partial charge in [0.1, 0.15) is 11.3 Å². The number of carbonyl (C=O) groups excluding carboxylic acids is 1. The monoisotopic (exact) mass is 583 g/mol. The number of H-pyrrole nitrogens is 1. The van der Waals surface area contributed by atoms with Gasteiger partial charge in [0.15, 0.2) is 5.65 Å². The minimum atomic E-state index is 0.167. The third-order valence-electron chi connectivity index (χ3n) is 7.68. The number of pyridine rings is 1. The van der Waals surface area contributed by atoms with Gasteiger partial charge < -0.3 is 29.7 Å². The van der Waals surface area contributed by atoms with E-state index >= 15 is 0 Å². The topological polar surface area (TPSA) is 89.6 Å². The Balaban J connectivity index is 1.27. The van der Waals surface area contributed by atoms with Gasteiger partial charge in [-0.05, 0) is 73.3 Å². The molecule has 3 aromatic rings. The molecule has 0 bridgehead atoms. The van der Waals surface area contributed by atoms with Crippen molar-refractivity contribution in [3.63, 3.8) is 0 Å². The van der Waals surface area contributed by atoms with Crippen LogP contribution in [0, 0.1) is 0 Å². The lowest BCUT2D eigenvalue weighted by Crippen LogP contribution is -2.50. The van der Waals surface area contributed by atoms with Gasteiger partial charge in [-0.15, -0.1) is 0 Å². The fourth-order valence-corrected chi connectivity index (χ4v) is 5.77. The number of likely N-dealkylation sites (tertiary alicyclic amines) is 1. The van der Waals surface area contributed by atoms with Crippen molar-refractivity contribution in [1.29, 1.82) is 0 Å². The van der Waals surface area contributed by atoms with E-state index in [1.54, 1.807) is 7.11 Å². The Labute approximate surface area is 233 Å². The number of anilines is 2. The largest absolute Gasteiger partial charge is 0.385 e. The van der Waals surface area contributed by atoms with Gasteiger partial charge in [-0.3, -0.25) is 4.79 Å². The number of benzene rings is 1. The van der Waals surface area contributed by atoms with Gasteiger partial charge >= 0.3 is 0 Å². The second-order valence-corrected chi connectivity index (χ2v) is 11.4. The number of nitrogens with zero attached hydrogens (tertiary/aromatic N) is 5. The molecule has 0 aliphatic carbocycles. The SMILES string of the molecule is COCCCN1CCN(c2ccc(-c3nc4c(NC5CCN(C(C)C)CC5)c(Br)cnc4[nH]3)cc2)CC1=O. The second kappa shape index (κ2) is 12.0. The van der Waals surface area contributed by atoms with Crippen LogP contribution in [0.4, 0.5) is 11.4 Å². The number of nitrogens with one attached hydrogen (secondary N) is 2. The summed E-state index contributed by atoms with van der Waals surface area (Å²) in [5, 5.41) is 3.75. The summed E-state index contributed by atoms with van der Waals surface area (Å²) in [7, 11) is 1.69. The van der Waals surface area contributed by atoms with Crippen molar-refractivity contribution >= 4 is 44.4 Å². The minimum Gasteiger partial charge on any atom is -0.385 e. The lowest BCUT2D eigenvalue weighted by molar-refractivity contribution is -0.131. The highest BCUT2D eigenvalue weighted by Crippen LogP contribution is 2.33. The van der Waals surface area contributed by atoms with E-state index in [0.29, 0.717) is 25.2 Å². The van der Waals surface area contributed by atoms with Crippen molar-refractivity contribution in [3.8, 4) is 11.4 Å². The summed E-state index contributed by atoms with van der Waals surface area (Å²) in [5.74, 6) is 0.953. The van der Waals surface area contributed by atoms with E-state index in [0.717, 1.165) is 90.4 Å². The van der Waals surface area contributed by atoms with Crippen LogP contribution in [0.15, 0.2) is 34.9 Å². The maximum absolute atomic E-state index is 12.6. The van der Waals surface area contributed by atoms with Crippen LogP contribution >= 0.6 is 15.9 Å². The quantitative estimate of drug-likeness (QED) is 0.362. The average Bonchev–Trinajstić information content (AvgIpc) is 3.36. The molecule has 0 saturated carbocycles. The molecule has 0 spiro atoms. The van der Waals surface area contributed by atoms with Crippen molar-refractivity contribution in [2.75, 3.05) is 63.2 Å². The molecule has 2 N–H and O–H groups in total. The van der Waals surface area contributed by atoms with E-state index in [1.165, 1.54) is 0 Å². The first kappa shape index (κ1) is 26.9. The molecule has 4 heterocycles. The van der Waals surface area contributed by atoms with Crippen LogP contribution in [0.2, 0.25) is 0 Å². The second-order valence-electron chi connectivity index (χ2n) is 10.5. The molecule has 38 heavy (non-hydrogen) atoms. The average molecular weight is 585 g/mol. The molecule has 10 heteroatoms. The molecular weight excluding hydrogens is 546 g/mol. The number of rotatable bonds is 9. The molecule has 2 saturated heterocycles. The van der Waals surface area contributed by atoms with Gasteiger partial charge in [-0.25, -0.2) is 9.97 Å². The Morgan fingerprint density at radius 2 is 1.92 bits per heavy atom. The van der Waals surface area contributed by atoms with E-state index in [-0.39, 0.29) is 5.91 Å². The Kier molecular flexibility index (Phi) is 8.50. The highest BCUT2D eigenvalue weighted by molar-refractivity contribution is 9.10. The van der Waals surface area contributed by atoms with Gasteiger partial charge in [0.05, 0.1) is 16.7 Å². The molecule has 9 nitrogen and oxygen atoms in total. The molecule has 1 aromatic carbocycles. The number of amides is 1. The van der Waals surface area contributed by atoms with Gasteiger partial charge in [-0.1, -0.05) is 0 Å². The van der Waals surface area contributed by atoms with Gasteiger partial charge in [0.25, 0.3) is 0 Å². The first-order valence-corrected chi connectivity index (χ1v) is 14.4. The zero-order chi connectivity index (χ0) is 26.6. The maximum atomic E-state index is 12.6. The predicted molar refractivity (Wildman–Crippen MR) is 156 cm³/mol. The van der Waals surface area contributed by atoms with Crippen molar-refractivity contribution in [3.05, 3.63) is 34.9 Å². The van der Waals surface area contributed by atoms with E-state index in [4.69, 9.17) is 9.72 Å². The number of methoxy groups -OCH3 is 1. The van der Waals surface area contributed by atoms with Gasteiger partial charge in [0, 0.05) is 76.0 Å². The van der Waals surface area contributed by atoms with Crippen LogP contribution in [0.25, 0.3) is 22.6 Å². The highest BCUT2D eigenvalue weighted by Gasteiger charge is 2.25. The van der Waals surface area contributed by atoms with Crippen molar-refractivity contribution in [2.45, 2.75) is 45.2 Å². The lowest BCUT2D eigenvalue weighted by Gasteiger charge is -2.35. The molecule has 0 unspecified atom stereocenters. The molecule has 0 atom stereocenters. The number of fused-ring (bicyclic) bond motifs is 1. The van der Waals surface area contributed by atoms with Crippen molar-refractivity contribution in [2.24, 2.45) is 0 Å². The van der Waals surface area contributed by atoms with Crippen LogP contribution < -0.4 is 10.2 Å². The molecule has 1 amide bonds. The van der Waals surface area contributed by atoms with E-state index < -0.39 is 0 Å². The number of hydrogen-bond acceptors (Lipinski definition) is 7.